The van der Waals surface area contributed by atoms with Gasteiger partial charge in [0, 0.05) is 30.6 Å². The molecular formula is C18H20N8O. The minimum Gasteiger partial charge on any atom is -0.366 e. The highest BCUT2D eigenvalue weighted by molar-refractivity contribution is 6.02. The van der Waals surface area contributed by atoms with Crippen molar-refractivity contribution in [3.63, 3.8) is 0 Å². The Bertz CT molecular complexity index is 1180. The van der Waals surface area contributed by atoms with Gasteiger partial charge in [0.1, 0.15) is 11.5 Å². The van der Waals surface area contributed by atoms with Crippen LogP contribution in [0.1, 0.15) is 28.8 Å². The van der Waals surface area contributed by atoms with E-state index in [1.54, 1.807) is 23.0 Å². The summed E-state index contributed by atoms with van der Waals surface area (Å²) >= 11 is 0. The van der Waals surface area contributed by atoms with Gasteiger partial charge in [0.15, 0.2) is 11.6 Å². The summed E-state index contributed by atoms with van der Waals surface area (Å²) in [5.74, 6) is 1.51. The van der Waals surface area contributed by atoms with E-state index < -0.39 is 5.91 Å². The second-order valence-electron chi connectivity index (χ2n) is 6.46. The molecular weight excluding hydrogens is 344 g/mol. The molecule has 1 aromatic carbocycles. The molecule has 9 heteroatoms. The molecule has 138 valence electrons. The number of fused-ring (bicyclic) bond motifs is 1. The highest BCUT2D eigenvalue weighted by Gasteiger charge is 2.20. The van der Waals surface area contributed by atoms with Gasteiger partial charge < -0.3 is 10.3 Å². The van der Waals surface area contributed by atoms with E-state index in [9.17, 15) is 4.79 Å². The second kappa shape index (κ2) is 6.04. The number of hydrogen-bond acceptors (Lipinski definition) is 5. The number of benzene rings is 1. The number of hydrogen-bond donors (Lipinski definition) is 2. The molecule has 4 aromatic rings. The standard InChI is InChI=1S/C18H20N8O/c1-5-13-15(25(3)9(2)21-13)18-22-17(23-24-18)11-6-10(16(19)27)7-14-12(11)8-20-26(14)4/h6-8H,5H2,1-4H3,(H2,19,27)(H,22,23,24). The van der Waals surface area contributed by atoms with Gasteiger partial charge in [0.25, 0.3) is 0 Å². The zero-order valence-electron chi connectivity index (χ0n) is 15.6. The largest absolute Gasteiger partial charge is 0.366 e. The first-order chi connectivity index (χ1) is 12.9. The number of primary amides is 1. The molecule has 3 N–H and O–H groups in total. The number of nitrogens with two attached hydrogens (primary N) is 1. The summed E-state index contributed by atoms with van der Waals surface area (Å²) in [5.41, 5.74) is 9.24. The van der Waals surface area contributed by atoms with Crippen LogP contribution in [0.3, 0.4) is 0 Å². The molecule has 0 spiro atoms. The lowest BCUT2D eigenvalue weighted by molar-refractivity contribution is 0.100. The lowest BCUT2D eigenvalue weighted by atomic mass is 10.1. The van der Waals surface area contributed by atoms with E-state index in [-0.39, 0.29) is 0 Å². The summed E-state index contributed by atoms with van der Waals surface area (Å²) < 4.78 is 3.67. The van der Waals surface area contributed by atoms with E-state index in [2.05, 4.69) is 25.3 Å². The van der Waals surface area contributed by atoms with Crippen molar-refractivity contribution in [1.29, 1.82) is 0 Å². The molecule has 1 amide bonds. The molecule has 0 aliphatic carbocycles. The van der Waals surface area contributed by atoms with Crippen molar-refractivity contribution < 1.29 is 4.79 Å². The van der Waals surface area contributed by atoms with E-state index in [0.29, 0.717) is 17.2 Å². The molecule has 0 aliphatic heterocycles. The second-order valence-corrected chi connectivity index (χ2v) is 6.46. The third-order valence-electron chi connectivity index (χ3n) is 4.83. The third-order valence-corrected chi connectivity index (χ3v) is 4.83. The maximum Gasteiger partial charge on any atom is 0.248 e. The highest BCUT2D eigenvalue weighted by Crippen LogP contribution is 2.30. The first kappa shape index (κ1) is 17.0. The number of amides is 1. The van der Waals surface area contributed by atoms with Crippen LogP contribution in [0.5, 0.6) is 0 Å². The van der Waals surface area contributed by atoms with Crippen molar-refractivity contribution in [2.45, 2.75) is 20.3 Å². The summed E-state index contributed by atoms with van der Waals surface area (Å²) in [5, 5.41) is 12.5. The zero-order valence-corrected chi connectivity index (χ0v) is 15.6. The fourth-order valence-electron chi connectivity index (χ4n) is 3.28. The molecule has 0 saturated heterocycles. The average molecular weight is 364 g/mol. The summed E-state index contributed by atoms with van der Waals surface area (Å²) in [7, 11) is 3.76. The smallest absolute Gasteiger partial charge is 0.248 e. The molecule has 0 radical (unpaired) electrons. The van der Waals surface area contributed by atoms with Crippen LogP contribution in [-0.4, -0.2) is 40.4 Å². The molecule has 27 heavy (non-hydrogen) atoms. The van der Waals surface area contributed by atoms with Gasteiger partial charge in [-0.2, -0.15) is 10.2 Å². The quantitative estimate of drug-likeness (QED) is 0.571. The van der Waals surface area contributed by atoms with E-state index >= 15 is 0 Å². The van der Waals surface area contributed by atoms with Crippen LogP contribution in [0.15, 0.2) is 18.3 Å². The zero-order chi connectivity index (χ0) is 19.3. The van der Waals surface area contributed by atoms with E-state index in [1.165, 1.54) is 0 Å². The number of carbonyl (C=O) groups excluding carboxylic acids is 1. The Kier molecular flexibility index (Phi) is 3.79. The lowest BCUT2D eigenvalue weighted by Crippen LogP contribution is -2.11. The molecule has 3 heterocycles. The number of imidazole rings is 1. The van der Waals surface area contributed by atoms with Crippen LogP contribution in [0, 0.1) is 6.92 Å². The lowest BCUT2D eigenvalue weighted by Gasteiger charge is -2.04. The Balaban J connectivity index is 1.91. The van der Waals surface area contributed by atoms with Crippen molar-refractivity contribution in [3.05, 3.63) is 35.4 Å². The average Bonchev–Trinajstić information content (AvgIpc) is 3.33. The number of aromatic amines is 1. The fraction of sp³-hybridized carbons (Fsp3) is 0.278. The van der Waals surface area contributed by atoms with Gasteiger partial charge in [-0.3, -0.25) is 14.6 Å². The molecule has 3 aromatic heterocycles. The van der Waals surface area contributed by atoms with Crippen LogP contribution in [-0.2, 0) is 20.5 Å². The predicted molar refractivity (Wildman–Crippen MR) is 101 cm³/mol. The van der Waals surface area contributed by atoms with Crippen LogP contribution in [0.2, 0.25) is 0 Å². The van der Waals surface area contributed by atoms with Gasteiger partial charge in [0.2, 0.25) is 5.91 Å². The maximum absolute atomic E-state index is 11.8. The van der Waals surface area contributed by atoms with Gasteiger partial charge in [-0.05, 0) is 25.5 Å². The van der Waals surface area contributed by atoms with Gasteiger partial charge in [-0.25, -0.2) is 9.97 Å². The van der Waals surface area contributed by atoms with Crippen LogP contribution < -0.4 is 5.73 Å². The minimum absolute atomic E-state index is 0.393. The molecule has 4 rings (SSSR count). The molecule has 0 bridgehead atoms. The minimum atomic E-state index is -0.505. The van der Waals surface area contributed by atoms with Gasteiger partial charge in [-0.15, -0.1) is 0 Å². The SMILES string of the molecule is CCc1nc(C)n(C)c1-c1n[nH]c(-c2cc(C(N)=O)cc3c2cnn3C)n1. The van der Waals surface area contributed by atoms with Crippen LogP contribution in [0.4, 0.5) is 0 Å². The molecule has 0 aliphatic rings. The number of aryl methyl sites for hydroxylation is 3. The maximum atomic E-state index is 11.8. The summed E-state index contributed by atoms with van der Waals surface area (Å²) in [4.78, 5) is 21.0. The molecule has 0 saturated carbocycles. The summed E-state index contributed by atoms with van der Waals surface area (Å²) in [6.07, 6.45) is 2.52. The number of H-pyrrole nitrogens is 1. The first-order valence-electron chi connectivity index (χ1n) is 8.61. The molecule has 0 atom stereocenters. The van der Waals surface area contributed by atoms with Gasteiger partial charge in [0.05, 0.1) is 17.4 Å². The number of rotatable bonds is 4. The van der Waals surface area contributed by atoms with E-state index in [4.69, 9.17) is 5.73 Å². The van der Waals surface area contributed by atoms with Crippen molar-refractivity contribution >= 4 is 16.8 Å². The van der Waals surface area contributed by atoms with Gasteiger partial charge >= 0.3 is 0 Å². The Labute approximate surface area is 155 Å². The molecule has 0 fully saturated rings. The molecule has 9 nitrogen and oxygen atoms in total. The van der Waals surface area contributed by atoms with Gasteiger partial charge in [-0.1, -0.05) is 6.92 Å². The van der Waals surface area contributed by atoms with E-state index in [1.807, 2.05) is 32.5 Å². The number of nitrogens with one attached hydrogen (secondary N) is 1. The monoisotopic (exact) mass is 364 g/mol. The Morgan fingerprint density at radius 2 is 2.04 bits per heavy atom. The third kappa shape index (κ3) is 2.59. The normalized spacial score (nSPS) is 11.4. The van der Waals surface area contributed by atoms with Crippen LogP contribution in [0.25, 0.3) is 33.8 Å². The Hall–Kier alpha value is -3.49. The van der Waals surface area contributed by atoms with Crippen molar-refractivity contribution in [1.82, 2.24) is 34.5 Å². The Morgan fingerprint density at radius 3 is 2.74 bits per heavy atom. The number of carbonyl (C=O) groups is 1. The first-order valence-corrected chi connectivity index (χ1v) is 8.61. The number of nitrogens with zero attached hydrogens (tertiary/aromatic N) is 6. The fourth-order valence-corrected chi connectivity index (χ4v) is 3.28. The summed E-state index contributed by atoms with van der Waals surface area (Å²) in [6.45, 7) is 4.00. The molecule has 0 unspecified atom stereocenters. The number of aromatic nitrogens is 7. The Morgan fingerprint density at radius 1 is 1.26 bits per heavy atom. The van der Waals surface area contributed by atoms with Crippen LogP contribution >= 0.6 is 0 Å². The highest BCUT2D eigenvalue weighted by atomic mass is 16.1. The van der Waals surface area contributed by atoms with Crippen molar-refractivity contribution in [2.75, 3.05) is 0 Å². The van der Waals surface area contributed by atoms with E-state index in [0.717, 1.165) is 40.1 Å². The topological polar surface area (TPSA) is 120 Å². The predicted octanol–water partition coefficient (Wildman–Crippen LogP) is 1.73. The summed E-state index contributed by atoms with van der Waals surface area (Å²) in [6, 6.07) is 3.44. The van der Waals surface area contributed by atoms with Crippen molar-refractivity contribution in [3.8, 4) is 22.9 Å². The van der Waals surface area contributed by atoms with Crippen molar-refractivity contribution in [2.24, 2.45) is 19.8 Å².